The molecule has 5 nitrogen and oxygen atoms in total. The molecule has 0 aliphatic rings. The Hall–Kier alpha value is -1.88. The van der Waals surface area contributed by atoms with Gasteiger partial charge in [-0.3, -0.25) is 4.98 Å². The molecule has 5 heteroatoms. The number of hydrogen-bond donors (Lipinski definition) is 1. The highest BCUT2D eigenvalue weighted by Gasteiger charge is 2.19. The smallest absolute Gasteiger partial charge is 0.238 e. The van der Waals surface area contributed by atoms with Gasteiger partial charge in [-0.15, -0.1) is 0 Å². The van der Waals surface area contributed by atoms with Crippen molar-refractivity contribution < 1.29 is 14.3 Å². The molecular weight excluding hydrogens is 208 g/mol. The summed E-state index contributed by atoms with van der Waals surface area (Å²) in [6.45, 7) is 1.81. The van der Waals surface area contributed by atoms with E-state index in [-0.39, 0.29) is 0 Å². The van der Waals surface area contributed by atoms with Gasteiger partial charge < -0.3 is 14.3 Å². The van der Waals surface area contributed by atoms with Crippen molar-refractivity contribution >= 4 is 0 Å². The van der Waals surface area contributed by atoms with Crippen LogP contribution in [-0.2, 0) is 0 Å². The van der Waals surface area contributed by atoms with E-state index in [1.165, 1.54) is 25.8 Å². The van der Waals surface area contributed by atoms with Gasteiger partial charge in [0.25, 0.3) is 0 Å². The van der Waals surface area contributed by atoms with Gasteiger partial charge in [0.15, 0.2) is 0 Å². The SMILES string of the molecule is COc1nccnc1C(O)c1coc(C)c1. The maximum absolute atomic E-state index is 10.1. The molecule has 0 aliphatic carbocycles. The summed E-state index contributed by atoms with van der Waals surface area (Å²) in [6, 6.07) is 1.75. The van der Waals surface area contributed by atoms with Crippen LogP contribution in [0, 0.1) is 6.92 Å². The zero-order valence-electron chi connectivity index (χ0n) is 9.04. The van der Waals surface area contributed by atoms with Crippen LogP contribution in [0.3, 0.4) is 0 Å². The second-order valence-corrected chi connectivity index (χ2v) is 3.34. The minimum Gasteiger partial charge on any atom is -0.480 e. The fraction of sp³-hybridized carbons (Fsp3) is 0.273. The number of nitrogens with zero attached hydrogens (tertiary/aromatic N) is 2. The molecule has 0 amide bonds. The van der Waals surface area contributed by atoms with Crippen LogP contribution in [0.5, 0.6) is 5.88 Å². The molecule has 0 aromatic carbocycles. The number of hydrogen-bond acceptors (Lipinski definition) is 5. The van der Waals surface area contributed by atoms with Gasteiger partial charge in [0, 0.05) is 18.0 Å². The third kappa shape index (κ3) is 1.90. The summed E-state index contributed by atoms with van der Waals surface area (Å²) in [4.78, 5) is 8.03. The lowest BCUT2D eigenvalue weighted by Gasteiger charge is -2.10. The molecule has 2 aromatic heterocycles. The Morgan fingerprint density at radius 1 is 1.38 bits per heavy atom. The van der Waals surface area contributed by atoms with Crippen LogP contribution in [0.1, 0.15) is 23.1 Å². The average Bonchev–Trinajstić information content (AvgIpc) is 2.75. The normalized spacial score (nSPS) is 12.4. The fourth-order valence-corrected chi connectivity index (χ4v) is 1.45. The predicted octanol–water partition coefficient (Wildman–Crippen LogP) is 1.47. The van der Waals surface area contributed by atoms with Gasteiger partial charge in [-0.2, -0.15) is 0 Å². The number of methoxy groups -OCH3 is 1. The van der Waals surface area contributed by atoms with E-state index in [1.54, 1.807) is 6.07 Å². The van der Waals surface area contributed by atoms with Crippen molar-refractivity contribution in [3.05, 3.63) is 41.7 Å². The van der Waals surface area contributed by atoms with Crippen LogP contribution in [0.2, 0.25) is 0 Å². The molecule has 0 bridgehead atoms. The van der Waals surface area contributed by atoms with Crippen LogP contribution in [0.15, 0.2) is 29.1 Å². The summed E-state index contributed by atoms with van der Waals surface area (Å²) in [7, 11) is 1.49. The Kier molecular flexibility index (Phi) is 2.87. The second kappa shape index (κ2) is 4.32. The molecule has 0 saturated carbocycles. The molecule has 0 saturated heterocycles. The summed E-state index contributed by atoms with van der Waals surface area (Å²) < 4.78 is 10.2. The molecule has 1 atom stereocenters. The molecule has 1 N–H and O–H groups in total. The van der Waals surface area contributed by atoms with Crippen LogP contribution >= 0.6 is 0 Å². The Balaban J connectivity index is 2.36. The van der Waals surface area contributed by atoms with E-state index >= 15 is 0 Å². The van der Waals surface area contributed by atoms with Crippen LogP contribution in [-0.4, -0.2) is 22.2 Å². The van der Waals surface area contributed by atoms with E-state index in [0.717, 1.165) is 5.76 Å². The highest BCUT2D eigenvalue weighted by Crippen LogP contribution is 2.26. The maximum atomic E-state index is 10.1. The molecule has 0 fully saturated rings. The number of ether oxygens (including phenoxy) is 1. The Morgan fingerprint density at radius 2 is 2.12 bits per heavy atom. The standard InChI is InChI=1S/C11H12N2O3/c1-7-5-8(6-16-7)10(14)9-11(15-2)13-4-3-12-9/h3-6,10,14H,1-2H3. The van der Waals surface area contributed by atoms with E-state index in [9.17, 15) is 5.11 Å². The first-order valence-corrected chi connectivity index (χ1v) is 4.80. The van der Waals surface area contributed by atoms with Gasteiger partial charge in [0.2, 0.25) is 5.88 Å². The quantitative estimate of drug-likeness (QED) is 0.848. The van der Waals surface area contributed by atoms with Gasteiger partial charge in [0.1, 0.15) is 17.6 Å². The first kappa shape index (κ1) is 10.6. The zero-order valence-corrected chi connectivity index (χ0v) is 9.04. The maximum Gasteiger partial charge on any atom is 0.238 e. The molecule has 1 unspecified atom stereocenters. The van der Waals surface area contributed by atoms with Crippen molar-refractivity contribution in [1.82, 2.24) is 9.97 Å². The number of aliphatic hydroxyl groups is 1. The van der Waals surface area contributed by atoms with Crippen molar-refractivity contribution in [2.24, 2.45) is 0 Å². The Labute approximate surface area is 92.7 Å². The molecule has 2 heterocycles. The Morgan fingerprint density at radius 3 is 2.75 bits per heavy atom. The molecule has 2 rings (SSSR count). The molecular formula is C11H12N2O3. The summed E-state index contributed by atoms with van der Waals surface area (Å²) >= 11 is 0. The molecule has 16 heavy (non-hydrogen) atoms. The molecule has 84 valence electrons. The summed E-state index contributed by atoms with van der Waals surface area (Å²) in [6.07, 6.45) is 3.62. The highest BCUT2D eigenvalue weighted by atomic mass is 16.5. The molecule has 0 radical (unpaired) electrons. The average molecular weight is 220 g/mol. The summed E-state index contributed by atoms with van der Waals surface area (Å²) in [5.41, 5.74) is 1.02. The van der Waals surface area contributed by atoms with Gasteiger partial charge in [-0.1, -0.05) is 0 Å². The van der Waals surface area contributed by atoms with Crippen molar-refractivity contribution in [3.63, 3.8) is 0 Å². The first-order valence-electron chi connectivity index (χ1n) is 4.80. The van der Waals surface area contributed by atoms with Crippen molar-refractivity contribution in [2.45, 2.75) is 13.0 Å². The first-order chi connectivity index (χ1) is 7.72. The monoisotopic (exact) mass is 220 g/mol. The van der Waals surface area contributed by atoms with Crippen LogP contribution < -0.4 is 4.74 Å². The number of aryl methyl sites for hydroxylation is 1. The van der Waals surface area contributed by atoms with Crippen molar-refractivity contribution in [1.29, 1.82) is 0 Å². The van der Waals surface area contributed by atoms with Gasteiger partial charge in [-0.05, 0) is 13.0 Å². The van der Waals surface area contributed by atoms with Crippen molar-refractivity contribution in [2.75, 3.05) is 7.11 Å². The lowest BCUT2D eigenvalue weighted by Crippen LogP contribution is -2.05. The van der Waals surface area contributed by atoms with Gasteiger partial charge in [-0.25, -0.2) is 4.98 Å². The van der Waals surface area contributed by atoms with E-state index in [2.05, 4.69) is 9.97 Å². The third-order valence-electron chi connectivity index (χ3n) is 2.21. The van der Waals surface area contributed by atoms with E-state index in [4.69, 9.17) is 9.15 Å². The van der Waals surface area contributed by atoms with Gasteiger partial charge in [0.05, 0.1) is 13.4 Å². The minimum atomic E-state index is -0.888. The predicted molar refractivity (Wildman–Crippen MR) is 56.1 cm³/mol. The lowest BCUT2D eigenvalue weighted by molar-refractivity contribution is 0.206. The highest BCUT2D eigenvalue weighted by molar-refractivity contribution is 5.29. The van der Waals surface area contributed by atoms with E-state index < -0.39 is 6.10 Å². The van der Waals surface area contributed by atoms with Crippen LogP contribution in [0.25, 0.3) is 0 Å². The number of furan rings is 1. The second-order valence-electron chi connectivity index (χ2n) is 3.34. The lowest BCUT2D eigenvalue weighted by atomic mass is 10.1. The summed E-state index contributed by atoms with van der Waals surface area (Å²) in [5, 5.41) is 10.1. The zero-order chi connectivity index (χ0) is 11.5. The number of aromatic nitrogens is 2. The third-order valence-corrected chi connectivity index (χ3v) is 2.21. The molecule has 2 aromatic rings. The van der Waals surface area contributed by atoms with E-state index in [0.29, 0.717) is 17.1 Å². The minimum absolute atomic E-state index is 0.314. The van der Waals surface area contributed by atoms with E-state index in [1.807, 2.05) is 6.92 Å². The van der Waals surface area contributed by atoms with Gasteiger partial charge >= 0.3 is 0 Å². The number of aliphatic hydroxyl groups excluding tert-OH is 1. The Bertz CT molecular complexity index is 482. The number of rotatable bonds is 3. The summed E-state index contributed by atoms with van der Waals surface area (Å²) in [5.74, 6) is 1.05. The molecule has 0 aliphatic heterocycles. The fourth-order valence-electron chi connectivity index (χ4n) is 1.45. The van der Waals surface area contributed by atoms with Crippen molar-refractivity contribution in [3.8, 4) is 5.88 Å². The topological polar surface area (TPSA) is 68.4 Å². The largest absolute Gasteiger partial charge is 0.480 e. The molecule has 0 spiro atoms. The van der Waals surface area contributed by atoms with Crippen LogP contribution in [0.4, 0.5) is 0 Å².